The molecule has 7 heteroatoms. The van der Waals surface area contributed by atoms with Gasteiger partial charge in [-0.3, -0.25) is 4.79 Å². The molecule has 1 aliphatic rings. The maximum atomic E-state index is 12.7. The van der Waals surface area contributed by atoms with Crippen LogP contribution >= 0.6 is 11.3 Å². The number of amides is 1. The van der Waals surface area contributed by atoms with E-state index in [9.17, 15) is 9.59 Å². The van der Waals surface area contributed by atoms with Gasteiger partial charge in [-0.25, -0.2) is 9.78 Å². The molecule has 0 fully saturated rings. The molecule has 0 saturated carbocycles. The summed E-state index contributed by atoms with van der Waals surface area (Å²) in [5.74, 6) is 0.577. The van der Waals surface area contributed by atoms with Crippen molar-refractivity contribution in [2.75, 3.05) is 6.54 Å². The zero-order chi connectivity index (χ0) is 19.0. The minimum atomic E-state index is -0.954. The van der Waals surface area contributed by atoms with Gasteiger partial charge in [-0.15, -0.1) is 11.3 Å². The van der Waals surface area contributed by atoms with E-state index in [1.165, 1.54) is 11.3 Å². The molecule has 1 aromatic carbocycles. The number of nitrogens with zero attached hydrogens (tertiary/aromatic N) is 2. The highest BCUT2D eigenvalue weighted by Crippen LogP contribution is 2.26. The Balaban J connectivity index is 1.46. The lowest BCUT2D eigenvalue weighted by Gasteiger charge is -2.29. The molecule has 138 valence electrons. The average molecular weight is 382 g/mol. The first-order valence-corrected chi connectivity index (χ1v) is 9.51. The van der Waals surface area contributed by atoms with E-state index in [-0.39, 0.29) is 17.9 Å². The fourth-order valence-corrected chi connectivity index (χ4v) is 4.00. The maximum Gasteiger partial charge on any atom is 0.335 e. The molecule has 0 unspecified atom stereocenters. The first-order chi connectivity index (χ1) is 13.0. The summed E-state index contributed by atoms with van der Waals surface area (Å²) in [6.45, 7) is 2.95. The molecule has 0 atom stereocenters. The Kier molecular flexibility index (Phi) is 4.53. The minimum Gasteiger partial charge on any atom is -0.478 e. The van der Waals surface area contributed by atoms with Crippen LogP contribution in [-0.4, -0.2) is 33.4 Å². The third-order valence-corrected chi connectivity index (χ3v) is 5.56. The molecule has 0 bridgehead atoms. The quantitative estimate of drug-likeness (QED) is 0.746. The van der Waals surface area contributed by atoms with E-state index < -0.39 is 5.97 Å². The van der Waals surface area contributed by atoms with Crippen molar-refractivity contribution in [2.24, 2.45) is 0 Å². The number of carboxylic acid groups (broad SMARTS) is 1. The summed E-state index contributed by atoms with van der Waals surface area (Å²) in [4.78, 5) is 30.1. The van der Waals surface area contributed by atoms with Gasteiger partial charge >= 0.3 is 5.97 Å². The third-order valence-electron chi connectivity index (χ3n) is 4.65. The Hall–Kier alpha value is -2.93. The molecule has 3 heterocycles. The zero-order valence-electron chi connectivity index (χ0n) is 14.8. The number of aromatic nitrogens is 1. The summed E-state index contributed by atoms with van der Waals surface area (Å²) in [6, 6.07) is 8.89. The topological polar surface area (TPSA) is 83.6 Å². The van der Waals surface area contributed by atoms with Gasteiger partial charge in [0, 0.05) is 18.5 Å². The van der Waals surface area contributed by atoms with Crippen molar-refractivity contribution in [3.63, 3.8) is 0 Å². The fraction of sp³-hybridized carbons (Fsp3) is 0.250. The van der Waals surface area contributed by atoms with Crippen LogP contribution in [0.3, 0.4) is 0 Å². The lowest BCUT2D eigenvalue weighted by Crippen LogP contribution is -2.37. The number of rotatable bonds is 4. The van der Waals surface area contributed by atoms with Gasteiger partial charge in [-0.05, 0) is 48.7 Å². The number of aromatic carboxylic acids is 1. The smallest absolute Gasteiger partial charge is 0.335 e. The fourth-order valence-electron chi connectivity index (χ4n) is 3.22. The minimum absolute atomic E-state index is 0.00569. The summed E-state index contributed by atoms with van der Waals surface area (Å²) in [5.41, 5.74) is 2.98. The second kappa shape index (κ2) is 7.00. The van der Waals surface area contributed by atoms with Gasteiger partial charge in [0.1, 0.15) is 5.76 Å². The Bertz CT molecular complexity index is 1020. The molecule has 6 nitrogen and oxygen atoms in total. The van der Waals surface area contributed by atoms with E-state index in [1.807, 2.05) is 30.5 Å². The van der Waals surface area contributed by atoms with E-state index in [4.69, 9.17) is 9.52 Å². The molecule has 0 saturated heterocycles. The van der Waals surface area contributed by atoms with Gasteiger partial charge in [0.05, 0.1) is 17.7 Å². The summed E-state index contributed by atoms with van der Waals surface area (Å²) in [5, 5.41) is 11.8. The number of hydrogen-bond acceptors (Lipinski definition) is 5. The van der Waals surface area contributed by atoms with Gasteiger partial charge in [0.25, 0.3) is 0 Å². The number of aryl methyl sites for hydroxylation is 1. The number of carbonyl (C=O) groups excluding carboxylic acids is 1. The molecule has 1 aliphatic heterocycles. The van der Waals surface area contributed by atoms with Crippen molar-refractivity contribution >= 4 is 23.2 Å². The van der Waals surface area contributed by atoms with E-state index >= 15 is 0 Å². The predicted octanol–water partition coefficient (Wildman–Crippen LogP) is 3.54. The molecule has 0 spiro atoms. The van der Waals surface area contributed by atoms with Gasteiger partial charge in [0.15, 0.2) is 10.8 Å². The standard InChI is InChI=1S/C20H18N2O4S/c1-12-2-5-17(26-12)19-21-16(11-27-19)9-18(23)22-7-6-13-3-4-14(20(24)25)8-15(13)10-22/h2-5,8,11H,6-7,9-10H2,1H3,(H,24,25). The summed E-state index contributed by atoms with van der Waals surface area (Å²) < 4.78 is 5.58. The average Bonchev–Trinajstić information content (AvgIpc) is 3.29. The van der Waals surface area contributed by atoms with E-state index in [0.717, 1.165) is 34.0 Å². The summed E-state index contributed by atoms with van der Waals surface area (Å²) in [6.07, 6.45) is 0.957. The first kappa shape index (κ1) is 17.5. The molecule has 4 rings (SSSR count). The Morgan fingerprint density at radius 2 is 2.11 bits per heavy atom. The number of hydrogen-bond donors (Lipinski definition) is 1. The van der Waals surface area contributed by atoms with Crippen LogP contribution in [0.25, 0.3) is 10.8 Å². The van der Waals surface area contributed by atoms with Crippen LogP contribution in [0, 0.1) is 6.92 Å². The summed E-state index contributed by atoms with van der Waals surface area (Å²) in [7, 11) is 0. The second-order valence-electron chi connectivity index (χ2n) is 6.59. The molecular formula is C20H18N2O4S. The van der Waals surface area contributed by atoms with Crippen LogP contribution in [0.1, 0.15) is 32.9 Å². The Labute approximate surface area is 160 Å². The van der Waals surface area contributed by atoms with Gasteiger partial charge < -0.3 is 14.4 Å². The van der Waals surface area contributed by atoms with Crippen molar-refractivity contribution in [3.8, 4) is 10.8 Å². The molecule has 0 radical (unpaired) electrons. The van der Waals surface area contributed by atoms with Crippen molar-refractivity contribution in [1.82, 2.24) is 9.88 Å². The van der Waals surface area contributed by atoms with E-state index in [1.54, 1.807) is 17.0 Å². The molecule has 2 aromatic heterocycles. The zero-order valence-corrected chi connectivity index (χ0v) is 15.6. The Morgan fingerprint density at radius 3 is 2.85 bits per heavy atom. The number of furan rings is 1. The molecular weight excluding hydrogens is 364 g/mol. The van der Waals surface area contributed by atoms with Crippen LogP contribution in [0.15, 0.2) is 40.1 Å². The molecule has 1 N–H and O–H groups in total. The maximum absolute atomic E-state index is 12.7. The lowest BCUT2D eigenvalue weighted by atomic mass is 9.97. The van der Waals surface area contributed by atoms with Crippen molar-refractivity contribution in [1.29, 1.82) is 0 Å². The third kappa shape index (κ3) is 3.64. The summed E-state index contributed by atoms with van der Waals surface area (Å²) >= 11 is 1.46. The van der Waals surface area contributed by atoms with Crippen LogP contribution in [0.2, 0.25) is 0 Å². The van der Waals surface area contributed by atoms with Gasteiger partial charge in [-0.1, -0.05) is 6.07 Å². The first-order valence-electron chi connectivity index (χ1n) is 8.63. The number of carboxylic acids is 1. The number of carbonyl (C=O) groups is 2. The second-order valence-corrected chi connectivity index (χ2v) is 7.44. The number of thiazole rings is 1. The monoisotopic (exact) mass is 382 g/mol. The highest BCUT2D eigenvalue weighted by molar-refractivity contribution is 7.13. The van der Waals surface area contributed by atoms with Crippen LogP contribution in [0.5, 0.6) is 0 Å². The van der Waals surface area contributed by atoms with E-state index in [0.29, 0.717) is 18.8 Å². The van der Waals surface area contributed by atoms with Crippen molar-refractivity contribution < 1.29 is 19.1 Å². The molecule has 0 aliphatic carbocycles. The Morgan fingerprint density at radius 1 is 1.26 bits per heavy atom. The SMILES string of the molecule is Cc1ccc(-c2nc(CC(=O)N3CCc4ccc(C(=O)O)cc4C3)cs2)o1. The lowest BCUT2D eigenvalue weighted by molar-refractivity contribution is -0.131. The number of benzene rings is 1. The molecule has 1 amide bonds. The van der Waals surface area contributed by atoms with E-state index in [2.05, 4.69) is 4.98 Å². The highest BCUT2D eigenvalue weighted by atomic mass is 32.1. The largest absolute Gasteiger partial charge is 0.478 e. The van der Waals surface area contributed by atoms with Gasteiger partial charge in [-0.2, -0.15) is 0 Å². The highest BCUT2D eigenvalue weighted by Gasteiger charge is 2.22. The van der Waals surface area contributed by atoms with Crippen LogP contribution < -0.4 is 0 Å². The number of fused-ring (bicyclic) bond motifs is 1. The van der Waals surface area contributed by atoms with Crippen LogP contribution in [-0.2, 0) is 24.2 Å². The molecule has 27 heavy (non-hydrogen) atoms. The van der Waals surface area contributed by atoms with Crippen LogP contribution in [0.4, 0.5) is 0 Å². The van der Waals surface area contributed by atoms with Crippen molar-refractivity contribution in [3.05, 3.63) is 63.9 Å². The van der Waals surface area contributed by atoms with Gasteiger partial charge in [0.2, 0.25) is 5.91 Å². The predicted molar refractivity (Wildman–Crippen MR) is 101 cm³/mol. The molecule has 3 aromatic rings. The van der Waals surface area contributed by atoms with Crippen molar-refractivity contribution in [2.45, 2.75) is 26.3 Å². The normalized spacial score (nSPS) is 13.4.